The molecule has 4 rings (SSSR count). The number of hydrogen-bond donors (Lipinski definition) is 3. The van der Waals surface area contributed by atoms with Gasteiger partial charge in [0.2, 0.25) is 11.8 Å². The van der Waals surface area contributed by atoms with Crippen LogP contribution in [0.15, 0.2) is 36.4 Å². The first-order valence-corrected chi connectivity index (χ1v) is 16.4. The lowest BCUT2D eigenvalue weighted by molar-refractivity contribution is -0.142. The number of urea groups is 1. The summed E-state index contributed by atoms with van der Waals surface area (Å²) in [5.74, 6) is -1.72. The molecule has 4 atom stereocenters. The first-order chi connectivity index (χ1) is 20.1. The summed E-state index contributed by atoms with van der Waals surface area (Å²) in [6.07, 6.45) is 6.28. The second-order valence-electron chi connectivity index (χ2n) is 12.3. The first-order valence-electron chi connectivity index (χ1n) is 14.5. The molecule has 1 aromatic carbocycles. The third-order valence-electron chi connectivity index (χ3n) is 7.83. The topological polar surface area (TPSA) is 168 Å². The predicted octanol–water partition coefficient (Wildman–Crippen LogP) is 4.11. The molecular formula is C29H40ClN5O7S. The number of anilines is 1. The van der Waals surface area contributed by atoms with Crippen molar-refractivity contribution in [2.75, 3.05) is 11.3 Å². The van der Waals surface area contributed by atoms with Crippen molar-refractivity contribution in [3.63, 3.8) is 0 Å². The van der Waals surface area contributed by atoms with Crippen molar-refractivity contribution >= 4 is 51.3 Å². The average Bonchev–Trinajstić information content (AvgIpc) is 3.36. The maximum absolute atomic E-state index is 14.0. The molecule has 1 aliphatic carbocycles. The summed E-state index contributed by atoms with van der Waals surface area (Å²) in [4.78, 5) is 53.7. The number of nitrogens with zero attached hydrogens (tertiary/aromatic N) is 2. The minimum absolute atomic E-state index is 0.139. The van der Waals surface area contributed by atoms with Gasteiger partial charge in [-0.15, -0.1) is 0 Å². The molecule has 0 aromatic heterocycles. The SMILES string of the molecule is CC(C)(C)OC(=O)N(C(N)=O)[C@H]1CCCCC/C=C\[C@@H]2C[C@]2(S(=O)(=O)Nc2cccc(Cl)c2)NC(=O)[C@@H]2CCCN2C1=O. The van der Waals surface area contributed by atoms with E-state index in [1.54, 1.807) is 39.0 Å². The summed E-state index contributed by atoms with van der Waals surface area (Å²) in [5.41, 5.74) is 4.91. The van der Waals surface area contributed by atoms with Gasteiger partial charge in [-0.25, -0.2) is 22.9 Å². The summed E-state index contributed by atoms with van der Waals surface area (Å²) in [7, 11) is -4.16. The number of amides is 5. The Balaban J connectivity index is 1.65. The number of rotatable bonds is 4. The molecule has 236 valence electrons. The molecule has 2 heterocycles. The number of ether oxygens (including phenoxy) is 1. The lowest BCUT2D eigenvalue weighted by atomic mass is 10.0. The number of allylic oxidation sites excluding steroid dienone is 1. The number of fused-ring (bicyclic) bond motifs is 2. The molecule has 2 fully saturated rings. The van der Waals surface area contributed by atoms with Crippen molar-refractivity contribution < 1.29 is 32.3 Å². The Labute approximate surface area is 257 Å². The number of carbonyl (C=O) groups excluding carboxylic acids is 4. The smallest absolute Gasteiger partial charge is 0.419 e. The summed E-state index contributed by atoms with van der Waals surface area (Å²) in [6.45, 7) is 5.09. The van der Waals surface area contributed by atoms with Gasteiger partial charge < -0.3 is 20.7 Å². The molecule has 0 radical (unpaired) electrons. The molecule has 0 spiro atoms. The third kappa shape index (κ3) is 7.43. The van der Waals surface area contributed by atoms with E-state index < -0.39 is 62.4 Å². The van der Waals surface area contributed by atoms with Crippen LogP contribution in [0.2, 0.25) is 5.02 Å². The van der Waals surface area contributed by atoms with Gasteiger partial charge in [-0.2, -0.15) is 0 Å². The highest BCUT2D eigenvalue weighted by molar-refractivity contribution is 7.94. The van der Waals surface area contributed by atoms with Crippen molar-refractivity contribution in [2.24, 2.45) is 11.7 Å². The number of halogens is 1. The van der Waals surface area contributed by atoms with Crippen LogP contribution in [0.1, 0.15) is 72.1 Å². The minimum atomic E-state index is -4.16. The van der Waals surface area contributed by atoms with Crippen molar-refractivity contribution in [1.82, 2.24) is 15.1 Å². The maximum Gasteiger partial charge on any atom is 0.419 e. The van der Waals surface area contributed by atoms with E-state index >= 15 is 0 Å². The lowest BCUT2D eigenvalue weighted by Crippen LogP contribution is -2.59. The molecule has 1 saturated carbocycles. The number of primary amides is 1. The van der Waals surface area contributed by atoms with E-state index in [4.69, 9.17) is 22.1 Å². The second-order valence-corrected chi connectivity index (χ2v) is 14.6. The molecule has 1 aromatic rings. The summed E-state index contributed by atoms with van der Waals surface area (Å²) in [6, 6.07) is 2.86. The standard InChI is InChI=1S/C29H40ClN5O7S/c1-28(2,3)42-27(39)35(26(31)38)23-14-8-6-4-5-7-11-19-18-29(19,32-24(36)22-15-10-16-34(22)25(23)37)43(40,41)33-21-13-9-12-20(30)17-21/h7,9,11-13,17,19,22-23,33H,4-6,8,10,14-16,18H2,1-3H3,(H2,31,38)(H,32,36)/b11-7-/t19-,22+,23+,29-/m1/s1. The highest BCUT2D eigenvalue weighted by Crippen LogP contribution is 2.50. The van der Waals surface area contributed by atoms with E-state index in [0.29, 0.717) is 35.6 Å². The third-order valence-corrected chi connectivity index (χ3v) is 10.1. The largest absolute Gasteiger partial charge is 0.443 e. The van der Waals surface area contributed by atoms with Crippen molar-refractivity contribution in [3.8, 4) is 0 Å². The minimum Gasteiger partial charge on any atom is -0.443 e. The van der Waals surface area contributed by atoms with Crippen molar-refractivity contribution in [3.05, 3.63) is 41.4 Å². The number of imide groups is 1. The first kappa shape index (κ1) is 32.6. The van der Waals surface area contributed by atoms with E-state index in [2.05, 4.69) is 10.0 Å². The Hall–Kier alpha value is -3.32. The quantitative estimate of drug-likeness (QED) is 0.417. The monoisotopic (exact) mass is 637 g/mol. The molecular weight excluding hydrogens is 598 g/mol. The van der Waals surface area contributed by atoms with Gasteiger partial charge in [0.1, 0.15) is 17.7 Å². The lowest BCUT2D eigenvalue weighted by Gasteiger charge is -2.34. The summed E-state index contributed by atoms with van der Waals surface area (Å²) < 4.78 is 35.4. The van der Waals surface area contributed by atoms with E-state index in [1.165, 1.54) is 11.0 Å². The van der Waals surface area contributed by atoms with Crippen molar-refractivity contribution in [1.29, 1.82) is 0 Å². The van der Waals surface area contributed by atoms with Crippen LogP contribution in [0.3, 0.4) is 0 Å². The Morgan fingerprint density at radius 1 is 1.16 bits per heavy atom. The number of benzene rings is 1. The molecule has 0 bridgehead atoms. The van der Waals surface area contributed by atoms with Gasteiger partial charge >= 0.3 is 12.1 Å². The van der Waals surface area contributed by atoms with E-state index in [1.807, 2.05) is 12.2 Å². The van der Waals surface area contributed by atoms with E-state index in [9.17, 15) is 27.6 Å². The van der Waals surface area contributed by atoms with Crippen LogP contribution in [0, 0.1) is 5.92 Å². The van der Waals surface area contributed by atoms with Gasteiger partial charge in [0.05, 0.1) is 5.69 Å². The van der Waals surface area contributed by atoms with E-state index in [0.717, 1.165) is 6.42 Å². The molecule has 3 aliphatic rings. The molecule has 43 heavy (non-hydrogen) atoms. The highest BCUT2D eigenvalue weighted by Gasteiger charge is 2.64. The fourth-order valence-electron chi connectivity index (χ4n) is 5.68. The predicted molar refractivity (Wildman–Crippen MR) is 161 cm³/mol. The van der Waals surface area contributed by atoms with Gasteiger partial charge in [0, 0.05) is 17.5 Å². The van der Waals surface area contributed by atoms with Gasteiger partial charge in [-0.3, -0.25) is 14.3 Å². The second kappa shape index (κ2) is 12.7. The normalized spacial score (nSPS) is 27.4. The fraction of sp³-hybridized carbons (Fsp3) is 0.586. The number of hydrogen-bond acceptors (Lipinski definition) is 7. The number of sulfonamides is 1. The number of nitrogens with two attached hydrogens (primary N) is 1. The van der Waals surface area contributed by atoms with Crippen LogP contribution < -0.4 is 15.8 Å². The molecule has 12 nitrogen and oxygen atoms in total. The van der Waals surface area contributed by atoms with Crippen molar-refractivity contribution in [2.45, 2.75) is 94.7 Å². The van der Waals surface area contributed by atoms with Gasteiger partial charge in [-0.05, 0) is 77.5 Å². The summed E-state index contributed by atoms with van der Waals surface area (Å²) >= 11 is 6.06. The van der Waals surface area contributed by atoms with Gasteiger partial charge in [-0.1, -0.05) is 42.7 Å². The highest BCUT2D eigenvalue weighted by atomic mass is 35.5. The Kier molecular flexibility index (Phi) is 9.65. The molecule has 2 aliphatic heterocycles. The Morgan fingerprint density at radius 3 is 2.58 bits per heavy atom. The molecule has 14 heteroatoms. The van der Waals surface area contributed by atoms with Crippen LogP contribution in [-0.4, -0.2) is 71.3 Å². The Bertz CT molecular complexity index is 1400. The molecule has 1 saturated heterocycles. The van der Waals surface area contributed by atoms with Crippen LogP contribution >= 0.6 is 11.6 Å². The van der Waals surface area contributed by atoms with Gasteiger partial charge in [0.15, 0.2) is 4.87 Å². The molecule has 4 N–H and O–H groups in total. The van der Waals surface area contributed by atoms with Crippen LogP contribution in [0.25, 0.3) is 0 Å². The number of carbonyl (C=O) groups is 4. The van der Waals surface area contributed by atoms with Crippen LogP contribution in [0.5, 0.6) is 0 Å². The molecule has 0 unspecified atom stereocenters. The molecule has 5 amide bonds. The fourth-order valence-corrected chi connectivity index (χ4v) is 7.60. The zero-order valence-electron chi connectivity index (χ0n) is 24.7. The van der Waals surface area contributed by atoms with E-state index in [-0.39, 0.29) is 31.5 Å². The zero-order chi connectivity index (χ0) is 31.6. The maximum atomic E-state index is 14.0. The van der Waals surface area contributed by atoms with Crippen LogP contribution in [0.4, 0.5) is 15.3 Å². The number of nitrogens with one attached hydrogen (secondary N) is 2. The zero-order valence-corrected chi connectivity index (χ0v) is 26.2. The van der Waals surface area contributed by atoms with Gasteiger partial charge in [0.25, 0.3) is 10.0 Å². The average molecular weight is 638 g/mol. The Morgan fingerprint density at radius 2 is 1.91 bits per heavy atom. The summed E-state index contributed by atoms with van der Waals surface area (Å²) in [5, 5.41) is 3.11. The van der Waals surface area contributed by atoms with Crippen LogP contribution in [-0.2, 0) is 24.3 Å².